The second kappa shape index (κ2) is 6.70. The van der Waals surface area contributed by atoms with Gasteiger partial charge in [-0.15, -0.1) is 0 Å². The van der Waals surface area contributed by atoms with E-state index < -0.39 is 27.8 Å². The van der Waals surface area contributed by atoms with E-state index in [1.165, 1.54) is 32.9 Å². The molecule has 130 valence electrons. The smallest absolute Gasteiger partial charge is 0.246 e. The predicted molar refractivity (Wildman–Crippen MR) is 85.5 cm³/mol. The minimum Gasteiger partial charge on any atom is -0.360 e. The Kier molecular flexibility index (Phi) is 5.05. The minimum atomic E-state index is -3.99. The third kappa shape index (κ3) is 3.80. The Hall–Kier alpha value is -2.26. The lowest BCUT2D eigenvalue weighted by Gasteiger charge is -2.15. The van der Waals surface area contributed by atoms with E-state index in [4.69, 9.17) is 4.52 Å². The zero-order valence-electron chi connectivity index (χ0n) is 13.7. The van der Waals surface area contributed by atoms with Crippen LogP contribution in [-0.2, 0) is 14.8 Å². The first-order valence-corrected chi connectivity index (χ1v) is 8.62. The molecule has 2 aromatic rings. The highest BCUT2D eigenvalue weighted by Gasteiger charge is 2.28. The third-order valence-electron chi connectivity index (χ3n) is 3.34. The molecule has 7 nitrogen and oxygen atoms in total. The van der Waals surface area contributed by atoms with Crippen molar-refractivity contribution in [2.24, 2.45) is 0 Å². The maximum atomic E-state index is 13.7. The number of amides is 1. The molecular weight excluding hydrogens is 337 g/mol. The molecule has 2 rings (SSSR count). The summed E-state index contributed by atoms with van der Waals surface area (Å²) >= 11 is 0. The van der Waals surface area contributed by atoms with Crippen molar-refractivity contribution >= 4 is 21.6 Å². The number of hydrogen-bond acceptors (Lipinski definition) is 5. The molecule has 1 aromatic heterocycles. The molecule has 1 amide bonds. The molecule has 0 saturated heterocycles. The van der Waals surface area contributed by atoms with Crippen LogP contribution in [0.25, 0.3) is 0 Å². The number of rotatable bonds is 5. The van der Waals surface area contributed by atoms with Gasteiger partial charge >= 0.3 is 0 Å². The van der Waals surface area contributed by atoms with Gasteiger partial charge < -0.3 is 9.84 Å². The van der Waals surface area contributed by atoms with Gasteiger partial charge in [0.2, 0.25) is 15.9 Å². The summed E-state index contributed by atoms with van der Waals surface area (Å²) in [6.07, 6.45) is 0. The Balaban J connectivity index is 2.16. The molecule has 1 atom stereocenters. The average molecular weight is 355 g/mol. The van der Waals surface area contributed by atoms with Crippen molar-refractivity contribution in [2.75, 3.05) is 5.32 Å². The first kappa shape index (κ1) is 18.1. The van der Waals surface area contributed by atoms with E-state index >= 15 is 0 Å². The normalized spacial score (nSPS) is 12.9. The van der Waals surface area contributed by atoms with Crippen LogP contribution in [0.5, 0.6) is 0 Å². The molecule has 2 N–H and O–H groups in total. The summed E-state index contributed by atoms with van der Waals surface area (Å²) in [5.74, 6) is -1.16. The third-order valence-corrected chi connectivity index (χ3v) is 5.13. The van der Waals surface area contributed by atoms with Gasteiger partial charge in [-0.3, -0.25) is 4.79 Å². The number of aromatic nitrogens is 1. The zero-order valence-corrected chi connectivity index (χ0v) is 14.5. The quantitative estimate of drug-likeness (QED) is 0.855. The van der Waals surface area contributed by atoms with Gasteiger partial charge in [-0.2, -0.15) is 4.72 Å². The Morgan fingerprint density at radius 2 is 1.96 bits per heavy atom. The Morgan fingerprint density at radius 3 is 2.54 bits per heavy atom. The lowest BCUT2D eigenvalue weighted by Crippen LogP contribution is -2.41. The largest absolute Gasteiger partial charge is 0.360 e. The topological polar surface area (TPSA) is 101 Å². The van der Waals surface area contributed by atoms with Crippen LogP contribution in [0.2, 0.25) is 0 Å². The number of anilines is 1. The molecule has 0 aliphatic carbocycles. The second-order valence-electron chi connectivity index (χ2n) is 5.47. The number of benzene rings is 1. The number of nitrogens with zero attached hydrogens (tertiary/aromatic N) is 1. The van der Waals surface area contributed by atoms with Gasteiger partial charge in [0, 0.05) is 0 Å². The first-order chi connectivity index (χ1) is 11.1. The van der Waals surface area contributed by atoms with Crippen molar-refractivity contribution in [3.8, 4) is 0 Å². The standard InChI is InChI=1S/C15H18FN3O4S/c1-8-5-6-12(16)13(7-8)17-15(20)10(3)19-24(21,22)14-9(2)18-23-11(14)4/h5-7,10,19H,1-4H3,(H,17,20)/t10-/m0/s1. The summed E-state index contributed by atoms with van der Waals surface area (Å²) < 4.78 is 45.5. The van der Waals surface area contributed by atoms with Crippen LogP contribution < -0.4 is 10.0 Å². The van der Waals surface area contributed by atoms with E-state index in [2.05, 4.69) is 15.2 Å². The van der Waals surface area contributed by atoms with Gasteiger partial charge in [0.25, 0.3) is 0 Å². The predicted octanol–water partition coefficient (Wildman–Crippen LogP) is 2.04. The van der Waals surface area contributed by atoms with E-state index in [1.54, 1.807) is 13.0 Å². The van der Waals surface area contributed by atoms with Crippen molar-refractivity contribution in [1.29, 1.82) is 0 Å². The number of nitrogens with one attached hydrogen (secondary N) is 2. The summed E-state index contributed by atoms with van der Waals surface area (Å²) in [4.78, 5) is 12.0. The van der Waals surface area contributed by atoms with Gasteiger partial charge in [-0.05, 0) is 45.4 Å². The summed E-state index contributed by atoms with van der Waals surface area (Å²) in [5.41, 5.74) is 0.941. The fourth-order valence-corrected chi connectivity index (χ4v) is 3.71. The summed E-state index contributed by atoms with van der Waals surface area (Å²) in [6.45, 7) is 6.05. The van der Waals surface area contributed by atoms with Crippen LogP contribution in [0, 0.1) is 26.6 Å². The van der Waals surface area contributed by atoms with E-state index in [0.29, 0.717) is 0 Å². The van der Waals surface area contributed by atoms with Crippen LogP contribution in [0.4, 0.5) is 10.1 Å². The molecule has 0 spiro atoms. The zero-order chi connectivity index (χ0) is 18.1. The highest BCUT2D eigenvalue weighted by Crippen LogP contribution is 2.19. The molecular formula is C15H18FN3O4S. The number of halogens is 1. The highest BCUT2D eigenvalue weighted by molar-refractivity contribution is 7.89. The van der Waals surface area contributed by atoms with E-state index in [0.717, 1.165) is 5.56 Å². The molecule has 1 aromatic carbocycles. The lowest BCUT2D eigenvalue weighted by atomic mass is 10.2. The number of hydrogen-bond donors (Lipinski definition) is 2. The molecule has 0 fully saturated rings. The molecule has 9 heteroatoms. The Morgan fingerprint density at radius 1 is 1.29 bits per heavy atom. The van der Waals surface area contributed by atoms with Crippen LogP contribution >= 0.6 is 0 Å². The van der Waals surface area contributed by atoms with Crippen LogP contribution in [0.3, 0.4) is 0 Å². The number of aryl methyl sites for hydroxylation is 3. The highest BCUT2D eigenvalue weighted by atomic mass is 32.2. The molecule has 0 bridgehead atoms. The molecule has 24 heavy (non-hydrogen) atoms. The number of carbonyl (C=O) groups excluding carboxylic acids is 1. The number of sulfonamides is 1. The van der Waals surface area contributed by atoms with Gasteiger partial charge in [0.05, 0.1) is 11.7 Å². The molecule has 0 radical (unpaired) electrons. The molecule has 0 aliphatic heterocycles. The Labute approximate surface area is 139 Å². The van der Waals surface area contributed by atoms with Crippen molar-refractivity contribution < 1.29 is 22.1 Å². The van der Waals surface area contributed by atoms with Crippen molar-refractivity contribution in [3.05, 3.63) is 41.0 Å². The SMILES string of the molecule is Cc1ccc(F)c(NC(=O)[C@H](C)NS(=O)(=O)c2c(C)noc2C)c1. The molecule has 0 saturated carbocycles. The molecule has 0 unspecified atom stereocenters. The molecule has 0 aliphatic rings. The fraction of sp³-hybridized carbons (Fsp3) is 0.333. The van der Waals surface area contributed by atoms with Crippen LogP contribution in [0.15, 0.2) is 27.6 Å². The summed E-state index contributed by atoms with van der Waals surface area (Å²) in [6, 6.07) is 3.13. The van der Waals surface area contributed by atoms with Gasteiger partial charge in [0.15, 0.2) is 5.76 Å². The van der Waals surface area contributed by atoms with E-state index in [1.807, 2.05) is 0 Å². The van der Waals surface area contributed by atoms with Gasteiger partial charge in [0.1, 0.15) is 16.4 Å². The van der Waals surface area contributed by atoms with Crippen LogP contribution in [0.1, 0.15) is 23.9 Å². The van der Waals surface area contributed by atoms with Crippen molar-refractivity contribution in [2.45, 2.75) is 38.6 Å². The van der Waals surface area contributed by atoms with Gasteiger partial charge in [-0.25, -0.2) is 12.8 Å². The number of carbonyl (C=O) groups is 1. The van der Waals surface area contributed by atoms with E-state index in [-0.39, 0.29) is 22.0 Å². The Bertz CT molecular complexity index is 857. The molecule has 1 heterocycles. The van der Waals surface area contributed by atoms with Gasteiger partial charge in [-0.1, -0.05) is 11.2 Å². The average Bonchev–Trinajstić information content (AvgIpc) is 2.82. The van der Waals surface area contributed by atoms with E-state index in [9.17, 15) is 17.6 Å². The maximum Gasteiger partial charge on any atom is 0.246 e. The van der Waals surface area contributed by atoms with Crippen LogP contribution in [-0.4, -0.2) is 25.5 Å². The summed E-state index contributed by atoms with van der Waals surface area (Å²) in [7, 11) is -3.99. The second-order valence-corrected chi connectivity index (χ2v) is 7.12. The lowest BCUT2D eigenvalue weighted by molar-refractivity contribution is -0.117. The maximum absolute atomic E-state index is 13.7. The first-order valence-electron chi connectivity index (χ1n) is 7.14. The van der Waals surface area contributed by atoms with Crippen molar-refractivity contribution in [3.63, 3.8) is 0 Å². The minimum absolute atomic E-state index is 0.0108. The summed E-state index contributed by atoms with van der Waals surface area (Å²) in [5, 5.41) is 5.95. The fourth-order valence-electron chi connectivity index (χ4n) is 2.18. The monoisotopic (exact) mass is 355 g/mol. The van der Waals surface area contributed by atoms with Crippen molar-refractivity contribution in [1.82, 2.24) is 9.88 Å².